The molecule has 0 fully saturated rings. The van der Waals surface area contributed by atoms with Crippen LogP contribution in [0.2, 0.25) is 12.1 Å². The third-order valence-electron chi connectivity index (χ3n) is 5.37. The Morgan fingerprint density at radius 2 is 0.750 bits per heavy atom. The molecular formula is C26H42O4Si2. The van der Waals surface area contributed by atoms with Crippen LogP contribution in [0.5, 0.6) is 0 Å². The molecule has 0 aliphatic heterocycles. The zero-order valence-electron chi connectivity index (χ0n) is 20.5. The van der Waals surface area contributed by atoms with Crippen molar-refractivity contribution in [1.82, 2.24) is 0 Å². The van der Waals surface area contributed by atoms with E-state index in [2.05, 4.69) is 88.4 Å². The van der Waals surface area contributed by atoms with Crippen molar-refractivity contribution in [3.05, 3.63) is 60.7 Å². The van der Waals surface area contributed by atoms with E-state index in [1.165, 1.54) is 10.4 Å². The molecule has 6 heteroatoms. The van der Waals surface area contributed by atoms with Crippen molar-refractivity contribution in [3.63, 3.8) is 0 Å². The first-order valence-corrected chi connectivity index (χ1v) is 16.4. The molecule has 2 aromatic carbocycles. The van der Waals surface area contributed by atoms with Crippen molar-refractivity contribution in [2.75, 3.05) is 26.4 Å². The molecule has 0 amide bonds. The molecule has 0 radical (unpaired) electrons. The predicted octanol–water partition coefficient (Wildman–Crippen LogP) is 5.39. The van der Waals surface area contributed by atoms with E-state index < -0.39 is 17.1 Å². The van der Waals surface area contributed by atoms with Crippen LogP contribution in [0.15, 0.2) is 60.7 Å². The maximum absolute atomic E-state index is 6.64. The maximum Gasteiger partial charge on any atom is 0.372 e. The summed E-state index contributed by atoms with van der Waals surface area (Å²) in [6, 6.07) is 22.8. The van der Waals surface area contributed by atoms with Crippen LogP contribution in [0.1, 0.15) is 53.4 Å². The van der Waals surface area contributed by atoms with Gasteiger partial charge in [0.05, 0.1) is 0 Å². The summed E-state index contributed by atoms with van der Waals surface area (Å²) >= 11 is 0. The van der Waals surface area contributed by atoms with Crippen molar-refractivity contribution in [2.45, 2.75) is 65.5 Å². The van der Waals surface area contributed by atoms with Crippen molar-refractivity contribution in [1.29, 1.82) is 0 Å². The van der Waals surface area contributed by atoms with Crippen LogP contribution in [0.4, 0.5) is 0 Å². The van der Waals surface area contributed by atoms with Gasteiger partial charge in [-0.25, -0.2) is 0 Å². The van der Waals surface area contributed by atoms with E-state index in [4.69, 9.17) is 17.7 Å². The van der Waals surface area contributed by atoms with Crippen LogP contribution in [-0.2, 0) is 17.7 Å². The first-order valence-electron chi connectivity index (χ1n) is 12.3. The SMILES string of the molecule is CCCO[Si](CC[Si](OCCC)(OCCC)c1ccccc1)(OCCC)c1ccccc1. The lowest BCUT2D eigenvalue weighted by atomic mass is 10.4. The van der Waals surface area contributed by atoms with Gasteiger partial charge in [0.25, 0.3) is 0 Å². The van der Waals surface area contributed by atoms with Crippen LogP contribution in [-0.4, -0.2) is 43.5 Å². The Morgan fingerprint density at radius 1 is 0.469 bits per heavy atom. The number of hydrogen-bond acceptors (Lipinski definition) is 4. The second-order valence-corrected chi connectivity index (χ2v) is 14.5. The minimum atomic E-state index is -2.66. The van der Waals surface area contributed by atoms with E-state index in [1.54, 1.807) is 0 Å². The van der Waals surface area contributed by atoms with Crippen molar-refractivity contribution in [2.24, 2.45) is 0 Å². The predicted molar refractivity (Wildman–Crippen MR) is 138 cm³/mol. The zero-order valence-corrected chi connectivity index (χ0v) is 22.5. The highest BCUT2D eigenvalue weighted by atomic mass is 28.4. The highest BCUT2D eigenvalue weighted by Crippen LogP contribution is 2.26. The van der Waals surface area contributed by atoms with Gasteiger partial charge >= 0.3 is 17.1 Å². The van der Waals surface area contributed by atoms with E-state index in [1.807, 2.05) is 0 Å². The first-order chi connectivity index (χ1) is 15.7. The van der Waals surface area contributed by atoms with Crippen LogP contribution >= 0.6 is 0 Å². The summed E-state index contributed by atoms with van der Waals surface area (Å²) in [7, 11) is -5.32. The molecule has 0 N–H and O–H groups in total. The minimum absolute atomic E-state index is 0.705. The molecule has 0 heterocycles. The number of rotatable bonds is 17. The monoisotopic (exact) mass is 474 g/mol. The minimum Gasteiger partial charge on any atom is -0.391 e. The highest BCUT2D eigenvalue weighted by Gasteiger charge is 2.47. The molecule has 0 bridgehead atoms. The molecule has 0 aliphatic carbocycles. The Balaban J connectivity index is 2.44. The topological polar surface area (TPSA) is 36.9 Å². The van der Waals surface area contributed by atoms with Crippen molar-refractivity contribution < 1.29 is 17.7 Å². The second-order valence-electron chi connectivity index (χ2n) is 8.13. The summed E-state index contributed by atoms with van der Waals surface area (Å²) in [5.74, 6) is 0. The third kappa shape index (κ3) is 7.64. The van der Waals surface area contributed by atoms with Gasteiger partial charge in [-0.1, -0.05) is 88.4 Å². The number of benzene rings is 2. The molecular weight excluding hydrogens is 432 g/mol. The Kier molecular flexibility index (Phi) is 12.5. The molecule has 0 unspecified atom stereocenters. The largest absolute Gasteiger partial charge is 0.391 e. The molecule has 2 rings (SSSR count). The molecule has 0 aliphatic rings. The molecule has 32 heavy (non-hydrogen) atoms. The average Bonchev–Trinajstić information content (AvgIpc) is 2.86. The van der Waals surface area contributed by atoms with Crippen molar-refractivity contribution in [3.8, 4) is 0 Å². The van der Waals surface area contributed by atoms with Crippen LogP contribution in [0.25, 0.3) is 0 Å². The summed E-state index contributed by atoms with van der Waals surface area (Å²) < 4.78 is 26.5. The molecule has 0 aromatic heterocycles. The lowest BCUT2D eigenvalue weighted by Gasteiger charge is -2.36. The van der Waals surface area contributed by atoms with Gasteiger partial charge in [0, 0.05) is 26.4 Å². The average molecular weight is 475 g/mol. The smallest absolute Gasteiger partial charge is 0.372 e. The Labute approximate surface area is 197 Å². The molecule has 2 aromatic rings. The van der Waals surface area contributed by atoms with Gasteiger partial charge in [0.2, 0.25) is 0 Å². The third-order valence-corrected chi connectivity index (χ3v) is 12.8. The van der Waals surface area contributed by atoms with Crippen LogP contribution < -0.4 is 10.4 Å². The van der Waals surface area contributed by atoms with Crippen molar-refractivity contribution >= 4 is 27.5 Å². The van der Waals surface area contributed by atoms with Gasteiger partial charge < -0.3 is 17.7 Å². The Bertz CT molecular complexity index is 648. The number of hydrogen-bond donors (Lipinski definition) is 0. The standard InChI is InChI=1S/C26H42O4Si2/c1-5-19-27-31(28-20-6-2,25-15-11-9-12-16-25)23-24-32(29-21-7-3,30-22-8-4)26-17-13-10-14-18-26/h9-18H,5-8,19-24H2,1-4H3. The van der Waals surface area contributed by atoms with Crippen LogP contribution in [0.3, 0.4) is 0 Å². The summed E-state index contributed by atoms with van der Waals surface area (Å²) in [4.78, 5) is 0. The quantitative estimate of drug-likeness (QED) is 0.288. The first kappa shape index (κ1) is 27.0. The lowest BCUT2D eigenvalue weighted by Crippen LogP contribution is -2.59. The Morgan fingerprint density at radius 3 is 1.00 bits per heavy atom. The maximum atomic E-state index is 6.64. The van der Waals surface area contributed by atoms with Gasteiger partial charge in [0.15, 0.2) is 0 Å². The van der Waals surface area contributed by atoms with Gasteiger partial charge in [-0.2, -0.15) is 0 Å². The zero-order chi connectivity index (χ0) is 23.1. The van der Waals surface area contributed by atoms with E-state index in [-0.39, 0.29) is 0 Å². The second kappa shape index (κ2) is 14.8. The fourth-order valence-electron chi connectivity index (χ4n) is 3.78. The van der Waals surface area contributed by atoms with E-state index in [0.717, 1.165) is 37.8 Å². The molecule has 4 nitrogen and oxygen atoms in total. The Hall–Kier alpha value is -1.29. The van der Waals surface area contributed by atoms with Gasteiger partial charge in [-0.05, 0) is 48.1 Å². The molecule has 0 spiro atoms. The summed E-state index contributed by atoms with van der Waals surface area (Å²) in [5, 5.41) is 2.40. The van der Waals surface area contributed by atoms with E-state index in [9.17, 15) is 0 Å². The van der Waals surface area contributed by atoms with Gasteiger partial charge in [-0.3, -0.25) is 0 Å². The normalized spacial score (nSPS) is 12.2. The lowest BCUT2D eigenvalue weighted by molar-refractivity contribution is 0.169. The summed E-state index contributed by atoms with van der Waals surface area (Å²) in [6.45, 7) is 11.4. The molecule has 0 atom stereocenters. The van der Waals surface area contributed by atoms with E-state index in [0.29, 0.717) is 26.4 Å². The molecule has 178 valence electrons. The summed E-state index contributed by atoms with van der Waals surface area (Å²) in [6.07, 6.45) is 3.88. The van der Waals surface area contributed by atoms with Crippen LogP contribution in [0, 0.1) is 0 Å². The fraction of sp³-hybridized carbons (Fsp3) is 0.538. The van der Waals surface area contributed by atoms with Gasteiger partial charge in [-0.15, -0.1) is 0 Å². The van der Waals surface area contributed by atoms with E-state index >= 15 is 0 Å². The fourth-order valence-corrected chi connectivity index (χ4v) is 11.9. The molecule has 0 saturated carbocycles. The van der Waals surface area contributed by atoms with Gasteiger partial charge in [0.1, 0.15) is 0 Å². The highest BCUT2D eigenvalue weighted by molar-refractivity contribution is 6.86. The molecule has 0 saturated heterocycles. The summed E-state index contributed by atoms with van der Waals surface area (Å²) in [5.41, 5.74) is 0.